The third-order valence-corrected chi connectivity index (χ3v) is 4.79. The third-order valence-electron chi connectivity index (χ3n) is 4.79. The lowest BCUT2D eigenvalue weighted by Crippen LogP contribution is -2.29. The van der Waals surface area contributed by atoms with Crippen LogP contribution in [0.1, 0.15) is 64.7 Å². The Labute approximate surface area is 202 Å². The summed E-state index contributed by atoms with van der Waals surface area (Å²) in [6, 6.07) is -0.845. The number of nitrogens with two attached hydrogens (primary N) is 1. The fraction of sp³-hybridized carbons (Fsp3) is 0.826. The lowest BCUT2D eigenvalue weighted by atomic mass is 10.0. The van der Waals surface area contributed by atoms with Crippen LogP contribution < -0.4 is 16.4 Å². The molecule has 0 saturated heterocycles. The monoisotopic (exact) mass is 489 g/mol. The second-order valence-corrected chi connectivity index (χ2v) is 7.96. The normalized spacial score (nSPS) is 11.7. The van der Waals surface area contributed by atoms with E-state index in [2.05, 4.69) is 10.6 Å². The van der Waals surface area contributed by atoms with Crippen molar-refractivity contribution in [2.75, 3.05) is 52.7 Å². The fourth-order valence-corrected chi connectivity index (χ4v) is 2.84. The Hall–Kier alpha value is -2.08. The van der Waals surface area contributed by atoms with Gasteiger partial charge in [-0.3, -0.25) is 19.2 Å². The van der Waals surface area contributed by atoms with Gasteiger partial charge in [0, 0.05) is 52.5 Å². The predicted octanol–water partition coefficient (Wildman–Crippen LogP) is 0.780. The summed E-state index contributed by atoms with van der Waals surface area (Å²) in [5.74, 6) is -1.16. The Morgan fingerprint density at radius 3 is 1.85 bits per heavy atom. The summed E-state index contributed by atoms with van der Waals surface area (Å²) in [6.07, 6.45) is 4.74. The summed E-state index contributed by atoms with van der Waals surface area (Å²) in [6.45, 7) is 5.58. The van der Waals surface area contributed by atoms with Crippen LogP contribution in [0, 0.1) is 0 Å². The van der Waals surface area contributed by atoms with Gasteiger partial charge in [-0.1, -0.05) is 12.8 Å². The van der Waals surface area contributed by atoms with Crippen molar-refractivity contribution in [3.8, 4) is 0 Å². The van der Waals surface area contributed by atoms with E-state index in [-0.39, 0.29) is 30.4 Å². The maximum absolute atomic E-state index is 11.8. The van der Waals surface area contributed by atoms with Crippen molar-refractivity contribution < 1.29 is 38.5 Å². The van der Waals surface area contributed by atoms with Crippen LogP contribution >= 0.6 is 0 Å². The largest absolute Gasteiger partial charge is 0.480 e. The summed E-state index contributed by atoms with van der Waals surface area (Å²) >= 11 is 0. The number of hydrogen-bond donors (Lipinski definition) is 4. The molecule has 0 aromatic heterocycles. The molecule has 5 N–H and O–H groups in total. The van der Waals surface area contributed by atoms with Crippen LogP contribution in [0.5, 0.6) is 0 Å². The molecule has 11 heteroatoms. The number of ketones is 1. The van der Waals surface area contributed by atoms with E-state index in [0.717, 1.165) is 12.8 Å². The molecule has 0 spiro atoms. The number of nitrogens with one attached hydrogen (secondary N) is 2. The van der Waals surface area contributed by atoms with Crippen LogP contribution in [-0.4, -0.2) is 87.4 Å². The molecule has 0 aromatic carbocycles. The average Bonchev–Trinajstić information content (AvgIpc) is 2.79. The number of unbranched alkanes of at least 4 members (excludes halogenated alkanes) is 2. The van der Waals surface area contributed by atoms with Gasteiger partial charge in [0.2, 0.25) is 11.8 Å². The first-order valence-corrected chi connectivity index (χ1v) is 12.1. The number of Topliss-reactive ketones (excluding diaryl/α,β-unsaturated/α-hetero) is 1. The zero-order chi connectivity index (χ0) is 25.4. The quantitative estimate of drug-likeness (QED) is 0.143. The molecule has 0 aromatic rings. The number of carboxylic acids is 1. The highest BCUT2D eigenvalue weighted by atomic mass is 16.5. The molecule has 0 aliphatic carbocycles. The highest BCUT2D eigenvalue weighted by Gasteiger charge is 2.11. The molecule has 0 fully saturated rings. The van der Waals surface area contributed by atoms with Crippen LogP contribution in [0.15, 0.2) is 0 Å². The summed E-state index contributed by atoms with van der Waals surface area (Å²) < 4.78 is 16.2. The van der Waals surface area contributed by atoms with Crippen molar-refractivity contribution in [2.24, 2.45) is 5.73 Å². The Morgan fingerprint density at radius 1 is 0.735 bits per heavy atom. The summed E-state index contributed by atoms with van der Waals surface area (Å²) in [7, 11) is 0. The molecule has 0 rings (SSSR count). The van der Waals surface area contributed by atoms with Crippen LogP contribution in [0.25, 0.3) is 0 Å². The van der Waals surface area contributed by atoms with Gasteiger partial charge < -0.3 is 35.7 Å². The first-order valence-electron chi connectivity index (χ1n) is 12.1. The number of amides is 2. The molecule has 1 atom stereocenters. The van der Waals surface area contributed by atoms with Crippen molar-refractivity contribution in [3.63, 3.8) is 0 Å². The maximum atomic E-state index is 11.8. The zero-order valence-corrected chi connectivity index (χ0v) is 20.5. The summed E-state index contributed by atoms with van der Waals surface area (Å²) in [4.78, 5) is 44.9. The van der Waals surface area contributed by atoms with Gasteiger partial charge in [0.05, 0.1) is 26.4 Å². The minimum absolute atomic E-state index is 0.0383. The molecular weight excluding hydrogens is 446 g/mol. The van der Waals surface area contributed by atoms with E-state index in [1.807, 2.05) is 0 Å². The molecule has 0 saturated carbocycles. The molecule has 0 aliphatic heterocycles. The van der Waals surface area contributed by atoms with E-state index in [1.54, 1.807) is 0 Å². The van der Waals surface area contributed by atoms with Crippen LogP contribution in [0.2, 0.25) is 0 Å². The van der Waals surface area contributed by atoms with Crippen LogP contribution in [-0.2, 0) is 33.4 Å². The van der Waals surface area contributed by atoms with E-state index >= 15 is 0 Å². The molecular formula is C23H43N3O8. The molecule has 0 radical (unpaired) electrons. The number of ether oxygens (including phenoxy) is 3. The van der Waals surface area contributed by atoms with Gasteiger partial charge in [-0.05, 0) is 25.7 Å². The van der Waals surface area contributed by atoms with Crippen molar-refractivity contribution in [1.82, 2.24) is 10.6 Å². The number of carboxylic acid groups (broad SMARTS) is 1. The number of rotatable bonds is 24. The Morgan fingerprint density at radius 2 is 1.29 bits per heavy atom. The molecule has 198 valence electrons. The number of carbonyl (C=O) groups is 4. The standard InChI is InChI=1S/C23H43N3O8/c1-19(27)25-11-5-13-32-15-17-34-18-16-33-14-6-12-26-22(29)10-9-20(28)7-3-2-4-8-21(24)23(30)31/h21H,2-18,24H2,1H3,(H,25,27)(H,26,29)(H,30,31)/t21-/m0/s1. The second kappa shape index (κ2) is 22.7. The summed E-state index contributed by atoms with van der Waals surface area (Å²) in [5.41, 5.74) is 5.42. The number of aliphatic carboxylic acids is 1. The van der Waals surface area contributed by atoms with Gasteiger partial charge in [0.15, 0.2) is 0 Å². The maximum Gasteiger partial charge on any atom is 0.320 e. The van der Waals surface area contributed by atoms with Gasteiger partial charge in [-0.15, -0.1) is 0 Å². The van der Waals surface area contributed by atoms with Gasteiger partial charge in [0.1, 0.15) is 11.8 Å². The zero-order valence-electron chi connectivity index (χ0n) is 20.5. The summed E-state index contributed by atoms with van der Waals surface area (Å²) in [5, 5.41) is 14.2. The van der Waals surface area contributed by atoms with Gasteiger partial charge in [-0.2, -0.15) is 0 Å². The van der Waals surface area contributed by atoms with Gasteiger partial charge in [-0.25, -0.2) is 0 Å². The lowest BCUT2D eigenvalue weighted by molar-refractivity contribution is -0.138. The molecule has 34 heavy (non-hydrogen) atoms. The third kappa shape index (κ3) is 23.1. The predicted molar refractivity (Wildman–Crippen MR) is 126 cm³/mol. The average molecular weight is 490 g/mol. The molecule has 11 nitrogen and oxygen atoms in total. The first-order chi connectivity index (χ1) is 16.3. The SMILES string of the molecule is CC(=O)NCCCOCCOCCOCCCNC(=O)CCC(=O)CCCCC[C@H](N)C(=O)O. The van der Waals surface area contributed by atoms with E-state index in [1.165, 1.54) is 6.92 Å². The Kier molecular flexibility index (Phi) is 21.3. The molecule has 0 aliphatic rings. The van der Waals surface area contributed by atoms with E-state index < -0.39 is 12.0 Å². The van der Waals surface area contributed by atoms with E-state index in [4.69, 9.17) is 25.1 Å². The van der Waals surface area contributed by atoms with Gasteiger partial charge >= 0.3 is 5.97 Å². The topological polar surface area (TPSA) is 166 Å². The van der Waals surface area contributed by atoms with Crippen LogP contribution in [0.4, 0.5) is 0 Å². The van der Waals surface area contributed by atoms with Crippen molar-refractivity contribution in [3.05, 3.63) is 0 Å². The fourth-order valence-electron chi connectivity index (χ4n) is 2.84. The highest BCUT2D eigenvalue weighted by molar-refractivity contribution is 5.84. The van der Waals surface area contributed by atoms with Crippen molar-refractivity contribution >= 4 is 23.6 Å². The first kappa shape index (κ1) is 31.9. The molecule has 0 unspecified atom stereocenters. The smallest absolute Gasteiger partial charge is 0.320 e. The Bertz CT molecular complexity index is 574. The van der Waals surface area contributed by atoms with Crippen LogP contribution in [0.3, 0.4) is 0 Å². The molecule has 0 heterocycles. The molecule has 2 amide bonds. The number of carbonyl (C=O) groups excluding carboxylic acids is 3. The van der Waals surface area contributed by atoms with Gasteiger partial charge in [0.25, 0.3) is 0 Å². The Balaban J connectivity index is 3.35. The highest BCUT2D eigenvalue weighted by Crippen LogP contribution is 2.07. The second-order valence-electron chi connectivity index (χ2n) is 7.96. The number of hydrogen-bond acceptors (Lipinski definition) is 8. The minimum atomic E-state index is -1.01. The van der Waals surface area contributed by atoms with E-state index in [0.29, 0.717) is 84.8 Å². The molecule has 0 bridgehead atoms. The minimum Gasteiger partial charge on any atom is -0.480 e. The van der Waals surface area contributed by atoms with E-state index in [9.17, 15) is 19.2 Å². The lowest BCUT2D eigenvalue weighted by Gasteiger charge is -2.08. The van der Waals surface area contributed by atoms with Crippen molar-refractivity contribution in [2.45, 2.75) is 70.8 Å². The van der Waals surface area contributed by atoms with Crippen molar-refractivity contribution in [1.29, 1.82) is 0 Å².